The average Bonchev–Trinajstić information content (AvgIpc) is 3.12. The van der Waals surface area contributed by atoms with E-state index in [2.05, 4.69) is 58.5 Å². The molecule has 1 aromatic carbocycles. The lowest BCUT2D eigenvalue weighted by Crippen LogP contribution is -2.07. The highest BCUT2D eigenvalue weighted by atomic mass is 15.3. The van der Waals surface area contributed by atoms with Gasteiger partial charge in [0.15, 0.2) is 5.65 Å². The zero-order valence-electron chi connectivity index (χ0n) is 16.3. The minimum absolute atomic E-state index is 0.662. The fraction of sp³-hybridized carbons (Fsp3) is 0.261. The van der Waals surface area contributed by atoms with Crippen molar-refractivity contribution < 1.29 is 0 Å². The van der Waals surface area contributed by atoms with Crippen LogP contribution < -0.4 is 5.32 Å². The van der Waals surface area contributed by atoms with E-state index in [0.717, 1.165) is 42.1 Å². The maximum absolute atomic E-state index is 4.69. The zero-order chi connectivity index (χ0) is 19.3. The summed E-state index contributed by atoms with van der Waals surface area (Å²) in [5, 5.41) is 8.05. The van der Waals surface area contributed by atoms with Crippen LogP contribution in [0.1, 0.15) is 25.0 Å². The molecule has 0 fully saturated rings. The molecular weight excluding hydrogens is 346 g/mol. The molecule has 5 nitrogen and oxygen atoms in total. The van der Waals surface area contributed by atoms with Gasteiger partial charge in [-0.1, -0.05) is 38.1 Å². The van der Waals surface area contributed by atoms with Gasteiger partial charge in [-0.15, -0.1) is 0 Å². The predicted octanol–water partition coefficient (Wildman–Crippen LogP) is 4.64. The first-order chi connectivity index (χ1) is 13.7. The molecule has 0 spiro atoms. The lowest BCUT2D eigenvalue weighted by molar-refractivity contribution is 0.647. The maximum atomic E-state index is 4.69. The number of benzene rings is 1. The first-order valence-corrected chi connectivity index (χ1v) is 9.76. The molecule has 1 N–H and O–H groups in total. The topological polar surface area (TPSA) is 55.1 Å². The number of nitrogens with zero attached hydrogens (tertiary/aromatic N) is 4. The first kappa shape index (κ1) is 18.2. The summed E-state index contributed by atoms with van der Waals surface area (Å²) in [6.07, 6.45) is 7.63. The number of aromatic nitrogens is 4. The Balaban J connectivity index is 1.45. The summed E-state index contributed by atoms with van der Waals surface area (Å²) in [6, 6.07) is 16.7. The highest BCUT2D eigenvalue weighted by Gasteiger charge is 2.07. The molecule has 4 rings (SSSR count). The predicted molar refractivity (Wildman–Crippen MR) is 113 cm³/mol. The molecule has 142 valence electrons. The van der Waals surface area contributed by atoms with Gasteiger partial charge in [0.25, 0.3) is 0 Å². The van der Waals surface area contributed by atoms with E-state index in [4.69, 9.17) is 0 Å². The highest BCUT2D eigenvalue weighted by Crippen LogP contribution is 2.21. The molecular formula is C23H25N5. The molecule has 0 unspecified atom stereocenters. The van der Waals surface area contributed by atoms with Gasteiger partial charge in [0.2, 0.25) is 0 Å². The number of nitrogens with one attached hydrogen (secondary N) is 1. The summed E-state index contributed by atoms with van der Waals surface area (Å²) < 4.78 is 1.82. The van der Waals surface area contributed by atoms with Crippen molar-refractivity contribution in [3.05, 3.63) is 78.2 Å². The van der Waals surface area contributed by atoms with Crippen LogP contribution in [0.15, 0.2) is 67.1 Å². The fourth-order valence-corrected chi connectivity index (χ4v) is 3.29. The second-order valence-electron chi connectivity index (χ2n) is 7.47. The number of rotatable bonds is 7. The van der Waals surface area contributed by atoms with E-state index in [1.165, 1.54) is 11.1 Å². The molecule has 0 aliphatic heterocycles. The van der Waals surface area contributed by atoms with Gasteiger partial charge in [-0.25, -0.2) is 9.50 Å². The Labute approximate surface area is 165 Å². The zero-order valence-corrected chi connectivity index (χ0v) is 16.3. The monoisotopic (exact) mass is 371 g/mol. The van der Waals surface area contributed by atoms with Crippen LogP contribution in [0, 0.1) is 5.92 Å². The Hall–Kier alpha value is -3.21. The quantitative estimate of drug-likeness (QED) is 0.514. The van der Waals surface area contributed by atoms with Crippen molar-refractivity contribution in [1.29, 1.82) is 0 Å². The van der Waals surface area contributed by atoms with E-state index in [1.54, 1.807) is 0 Å². The van der Waals surface area contributed by atoms with Crippen LogP contribution in [-0.2, 0) is 12.8 Å². The summed E-state index contributed by atoms with van der Waals surface area (Å²) in [5.41, 5.74) is 5.52. The van der Waals surface area contributed by atoms with Crippen molar-refractivity contribution in [2.45, 2.75) is 26.7 Å². The van der Waals surface area contributed by atoms with Gasteiger partial charge in [-0.05, 0) is 48.1 Å². The SMILES string of the molecule is CC(C)Cc1ccc(-c2cc3nc(NCCc4ccncc4)ccn3n2)cc1. The summed E-state index contributed by atoms with van der Waals surface area (Å²) in [7, 11) is 0. The molecule has 0 amide bonds. The third-order valence-corrected chi connectivity index (χ3v) is 4.69. The number of fused-ring (bicyclic) bond motifs is 1. The summed E-state index contributed by atoms with van der Waals surface area (Å²) in [5.74, 6) is 1.52. The van der Waals surface area contributed by atoms with Crippen molar-refractivity contribution in [1.82, 2.24) is 19.6 Å². The van der Waals surface area contributed by atoms with Crippen LogP contribution in [0.3, 0.4) is 0 Å². The Morgan fingerprint density at radius 2 is 1.75 bits per heavy atom. The highest BCUT2D eigenvalue weighted by molar-refractivity contribution is 5.65. The third-order valence-electron chi connectivity index (χ3n) is 4.69. The molecule has 3 aromatic heterocycles. The van der Waals surface area contributed by atoms with Gasteiger partial charge in [-0.3, -0.25) is 4.98 Å². The normalized spacial score (nSPS) is 11.2. The van der Waals surface area contributed by atoms with Gasteiger partial charge in [0.1, 0.15) is 5.82 Å². The van der Waals surface area contributed by atoms with Gasteiger partial charge < -0.3 is 5.32 Å². The molecule has 0 radical (unpaired) electrons. The van der Waals surface area contributed by atoms with Crippen molar-refractivity contribution in [2.75, 3.05) is 11.9 Å². The summed E-state index contributed by atoms with van der Waals surface area (Å²) >= 11 is 0. The van der Waals surface area contributed by atoms with Crippen molar-refractivity contribution in [3.63, 3.8) is 0 Å². The van der Waals surface area contributed by atoms with Crippen LogP contribution in [0.4, 0.5) is 5.82 Å². The average molecular weight is 371 g/mol. The van der Waals surface area contributed by atoms with Crippen molar-refractivity contribution >= 4 is 11.5 Å². The molecule has 0 atom stereocenters. The van der Waals surface area contributed by atoms with Crippen molar-refractivity contribution in [2.24, 2.45) is 5.92 Å². The summed E-state index contributed by atoms with van der Waals surface area (Å²) in [4.78, 5) is 8.73. The van der Waals surface area contributed by atoms with Crippen LogP contribution in [0.2, 0.25) is 0 Å². The Morgan fingerprint density at radius 1 is 0.964 bits per heavy atom. The molecule has 28 heavy (non-hydrogen) atoms. The lowest BCUT2D eigenvalue weighted by atomic mass is 10.0. The molecule has 3 heterocycles. The largest absolute Gasteiger partial charge is 0.370 e. The van der Waals surface area contributed by atoms with Gasteiger partial charge >= 0.3 is 0 Å². The minimum atomic E-state index is 0.662. The molecule has 0 aliphatic carbocycles. The second kappa shape index (κ2) is 8.21. The van der Waals surface area contributed by atoms with Gasteiger partial charge in [0.05, 0.1) is 5.69 Å². The lowest BCUT2D eigenvalue weighted by Gasteiger charge is -2.05. The smallest absolute Gasteiger partial charge is 0.157 e. The third kappa shape index (κ3) is 4.36. The van der Waals surface area contributed by atoms with E-state index in [9.17, 15) is 0 Å². The molecule has 0 saturated carbocycles. The number of hydrogen-bond donors (Lipinski definition) is 1. The van der Waals surface area contributed by atoms with Crippen molar-refractivity contribution in [3.8, 4) is 11.3 Å². The number of anilines is 1. The van der Waals surface area contributed by atoms with E-state index >= 15 is 0 Å². The molecule has 0 bridgehead atoms. The summed E-state index contributed by atoms with van der Waals surface area (Å²) in [6.45, 7) is 5.31. The van der Waals surface area contributed by atoms with Gasteiger partial charge in [0, 0.05) is 36.8 Å². The molecule has 5 heteroatoms. The van der Waals surface area contributed by atoms with Gasteiger partial charge in [-0.2, -0.15) is 5.10 Å². The van der Waals surface area contributed by atoms with Crippen LogP contribution in [0.5, 0.6) is 0 Å². The molecule has 0 aliphatic rings. The van der Waals surface area contributed by atoms with Crippen LogP contribution in [0.25, 0.3) is 16.9 Å². The van der Waals surface area contributed by atoms with E-state index in [0.29, 0.717) is 5.92 Å². The Bertz CT molecular complexity index is 1040. The molecule has 0 saturated heterocycles. The molecule has 4 aromatic rings. The van der Waals surface area contributed by atoms with Crippen LogP contribution in [-0.4, -0.2) is 26.1 Å². The first-order valence-electron chi connectivity index (χ1n) is 9.76. The second-order valence-corrected chi connectivity index (χ2v) is 7.47. The van der Waals surface area contributed by atoms with E-state index < -0.39 is 0 Å². The Kier molecular flexibility index (Phi) is 5.33. The minimum Gasteiger partial charge on any atom is -0.370 e. The number of hydrogen-bond acceptors (Lipinski definition) is 4. The standard InChI is InChI=1S/C23H25N5/c1-17(2)15-19-3-5-20(6-4-19)21-16-23-26-22(10-14-28(23)27-21)25-13-9-18-7-11-24-12-8-18/h3-8,10-12,14,16-17H,9,13,15H2,1-2H3,(H,25,26). The fourth-order valence-electron chi connectivity index (χ4n) is 3.29. The maximum Gasteiger partial charge on any atom is 0.157 e. The Morgan fingerprint density at radius 3 is 2.50 bits per heavy atom. The number of pyridine rings is 1. The van der Waals surface area contributed by atoms with E-state index in [-0.39, 0.29) is 0 Å². The van der Waals surface area contributed by atoms with Crippen LogP contribution >= 0.6 is 0 Å². The van der Waals surface area contributed by atoms with E-state index in [1.807, 2.05) is 47.4 Å².